The van der Waals surface area contributed by atoms with Crippen molar-refractivity contribution in [2.45, 2.75) is 51.0 Å². The minimum absolute atomic E-state index is 0.534. The van der Waals surface area contributed by atoms with Gasteiger partial charge in [-0.15, -0.1) is 0 Å². The van der Waals surface area contributed by atoms with E-state index < -0.39 is 0 Å². The van der Waals surface area contributed by atoms with Crippen LogP contribution >= 0.6 is 0 Å². The van der Waals surface area contributed by atoms with Gasteiger partial charge < -0.3 is 10.6 Å². The van der Waals surface area contributed by atoms with Crippen LogP contribution in [0, 0.1) is 23.2 Å². The highest BCUT2D eigenvalue weighted by Crippen LogP contribution is 2.61. The second-order valence-electron chi connectivity index (χ2n) is 7.25. The Bertz CT molecular complexity index is 285. The smallest absolute Gasteiger partial charge is 0.0127 e. The number of nitrogens with zero attached hydrogens (tertiary/aromatic N) is 1. The van der Waals surface area contributed by atoms with Crippen molar-refractivity contribution in [3.05, 3.63) is 0 Å². The molecule has 3 aliphatic rings. The maximum atomic E-state index is 6.61. The van der Waals surface area contributed by atoms with Gasteiger partial charge in [0.05, 0.1) is 0 Å². The molecule has 5 atom stereocenters. The molecule has 17 heavy (non-hydrogen) atoms. The van der Waals surface area contributed by atoms with Crippen molar-refractivity contribution >= 4 is 0 Å². The van der Waals surface area contributed by atoms with Gasteiger partial charge in [0.15, 0.2) is 0 Å². The summed E-state index contributed by atoms with van der Waals surface area (Å²) in [5.74, 6) is 2.76. The molecule has 3 rings (SSSR count). The van der Waals surface area contributed by atoms with Crippen molar-refractivity contribution in [3.8, 4) is 0 Å². The van der Waals surface area contributed by atoms with E-state index in [0.29, 0.717) is 11.5 Å². The zero-order chi connectivity index (χ0) is 12.0. The van der Waals surface area contributed by atoms with Crippen molar-refractivity contribution in [2.24, 2.45) is 28.9 Å². The largest absolute Gasteiger partial charge is 0.327 e. The summed E-state index contributed by atoms with van der Waals surface area (Å²) in [6, 6.07) is 0.534. The topological polar surface area (TPSA) is 29.3 Å². The molecule has 3 saturated carbocycles. The Morgan fingerprint density at radius 1 is 1.24 bits per heavy atom. The molecular formula is C15H28N2. The van der Waals surface area contributed by atoms with Crippen LogP contribution in [0.25, 0.3) is 0 Å². The Morgan fingerprint density at radius 2 is 2.06 bits per heavy atom. The molecule has 1 unspecified atom stereocenters. The molecule has 2 heteroatoms. The van der Waals surface area contributed by atoms with E-state index in [-0.39, 0.29) is 0 Å². The SMILES string of the molecule is CN(C)CC1CCC[C@@]2(C1)[C@H]1CC[C@H](C1)[C@H]2N. The number of hydrogen-bond acceptors (Lipinski definition) is 2. The molecule has 0 heterocycles. The van der Waals surface area contributed by atoms with Gasteiger partial charge in [-0.2, -0.15) is 0 Å². The van der Waals surface area contributed by atoms with Crippen LogP contribution in [0.15, 0.2) is 0 Å². The molecule has 3 fully saturated rings. The maximum absolute atomic E-state index is 6.61. The van der Waals surface area contributed by atoms with Gasteiger partial charge in [0.1, 0.15) is 0 Å². The standard InChI is InChI=1S/C15H28N2/c1-17(2)10-11-4-3-7-15(9-11)13-6-5-12(8-13)14(15)16/h11-14H,3-10,16H2,1-2H3/t11?,12-,13+,14-,15-/m1/s1. The number of hydrogen-bond donors (Lipinski definition) is 1. The van der Waals surface area contributed by atoms with Gasteiger partial charge in [-0.1, -0.05) is 6.42 Å². The van der Waals surface area contributed by atoms with Crippen molar-refractivity contribution in [2.75, 3.05) is 20.6 Å². The average molecular weight is 236 g/mol. The molecular weight excluding hydrogens is 208 g/mol. The van der Waals surface area contributed by atoms with Crippen LogP contribution in [0.2, 0.25) is 0 Å². The molecule has 0 aliphatic heterocycles. The predicted molar refractivity (Wildman–Crippen MR) is 71.8 cm³/mol. The van der Waals surface area contributed by atoms with E-state index in [1.54, 1.807) is 0 Å². The van der Waals surface area contributed by atoms with Crippen LogP contribution in [0.3, 0.4) is 0 Å². The Balaban J connectivity index is 1.74. The lowest BCUT2D eigenvalue weighted by Crippen LogP contribution is -2.49. The Labute approximate surface area is 106 Å². The van der Waals surface area contributed by atoms with Gasteiger partial charge in [0.25, 0.3) is 0 Å². The van der Waals surface area contributed by atoms with Crippen molar-refractivity contribution in [1.82, 2.24) is 4.90 Å². The zero-order valence-electron chi connectivity index (χ0n) is 11.5. The van der Waals surface area contributed by atoms with Gasteiger partial charge in [0, 0.05) is 12.6 Å². The highest BCUT2D eigenvalue weighted by Gasteiger charge is 2.57. The van der Waals surface area contributed by atoms with Gasteiger partial charge in [-0.05, 0) is 75.8 Å². The first-order valence-corrected chi connectivity index (χ1v) is 7.52. The first-order valence-electron chi connectivity index (χ1n) is 7.52. The van der Waals surface area contributed by atoms with Gasteiger partial charge in [-0.25, -0.2) is 0 Å². The molecule has 98 valence electrons. The summed E-state index contributed by atoms with van der Waals surface area (Å²) in [6.07, 6.45) is 10.1. The molecule has 1 spiro atoms. The fraction of sp³-hybridized carbons (Fsp3) is 1.00. The second kappa shape index (κ2) is 4.24. The number of rotatable bonds is 2. The number of nitrogens with two attached hydrogens (primary N) is 1. The maximum Gasteiger partial charge on any atom is 0.0127 e. The van der Waals surface area contributed by atoms with Crippen LogP contribution < -0.4 is 5.73 Å². The third-order valence-electron chi connectivity index (χ3n) is 6.00. The summed E-state index contributed by atoms with van der Waals surface area (Å²) in [4.78, 5) is 2.36. The molecule has 0 aromatic rings. The average Bonchev–Trinajstić information content (AvgIpc) is 2.83. The summed E-state index contributed by atoms with van der Waals surface area (Å²) in [5, 5.41) is 0. The van der Waals surface area contributed by atoms with Crippen LogP contribution in [0.4, 0.5) is 0 Å². The molecule has 3 aliphatic carbocycles. The minimum atomic E-state index is 0.534. The molecule has 2 nitrogen and oxygen atoms in total. The summed E-state index contributed by atoms with van der Waals surface area (Å²) < 4.78 is 0. The second-order valence-corrected chi connectivity index (χ2v) is 7.25. The quantitative estimate of drug-likeness (QED) is 0.798. The van der Waals surface area contributed by atoms with E-state index in [1.807, 2.05) is 0 Å². The van der Waals surface area contributed by atoms with E-state index in [0.717, 1.165) is 17.8 Å². The first kappa shape index (κ1) is 12.0. The Morgan fingerprint density at radius 3 is 2.71 bits per heavy atom. The van der Waals surface area contributed by atoms with Gasteiger partial charge >= 0.3 is 0 Å². The Kier molecular flexibility index (Phi) is 2.99. The van der Waals surface area contributed by atoms with Crippen LogP contribution in [-0.4, -0.2) is 31.6 Å². The lowest BCUT2D eigenvalue weighted by molar-refractivity contribution is 0.0407. The van der Waals surface area contributed by atoms with Crippen molar-refractivity contribution in [3.63, 3.8) is 0 Å². The van der Waals surface area contributed by atoms with E-state index in [1.165, 1.54) is 51.5 Å². The summed E-state index contributed by atoms with van der Waals surface area (Å²) in [7, 11) is 4.42. The van der Waals surface area contributed by atoms with Gasteiger partial charge in [0.2, 0.25) is 0 Å². The molecule has 0 aromatic heterocycles. The molecule has 0 amide bonds. The van der Waals surface area contributed by atoms with Crippen LogP contribution in [0.5, 0.6) is 0 Å². The molecule has 0 aromatic carbocycles. The third-order valence-corrected chi connectivity index (χ3v) is 6.00. The summed E-state index contributed by atoms with van der Waals surface area (Å²) in [6.45, 7) is 1.27. The molecule has 0 saturated heterocycles. The Hall–Kier alpha value is -0.0800. The van der Waals surface area contributed by atoms with Crippen LogP contribution in [-0.2, 0) is 0 Å². The molecule has 2 bridgehead atoms. The summed E-state index contributed by atoms with van der Waals surface area (Å²) in [5.41, 5.74) is 7.17. The monoisotopic (exact) mass is 236 g/mol. The highest BCUT2D eigenvalue weighted by molar-refractivity contribution is 5.10. The predicted octanol–water partition coefficient (Wildman–Crippen LogP) is 2.48. The van der Waals surface area contributed by atoms with E-state index in [2.05, 4.69) is 19.0 Å². The normalized spacial score (nSPS) is 49.4. The lowest BCUT2D eigenvalue weighted by Gasteiger charge is -2.48. The minimum Gasteiger partial charge on any atom is -0.327 e. The zero-order valence-corrected chi connectivity index (χ0v) is 11.5. The summed E-state index contributed by atoms with van der Waals surface area (Å²) >= 11 is 0. The fourth-order valence-electron chi connectivity index (χ4n) is 5.41. The lowest BCUT2D eigenvalue weighted by atomic mass is 9.59. The van der Waals surface area contributed by atoms with E-state index >= 15 is 0 Å². The first-order chi connectivity index (χ1) is 8.12. The van der Waals surface area contributed by atoms with Crippen molar-refractivity contribution in [1.29, 1.82) is 0 Å². The molecule has 2 N–H and O–H groups in total. The van der Waals surface area contributed by atoms with Crippen molar-refractivity contribution < 1.29 is 0 Å². The van der Waals surface area contributed by atoms with Crippen LogP contribution in [0.1, 0.15) is 44.9 Å². The fourth-order valence-corrected chi connectivity index (χ4v) is 5.41. The van der Waals surface area contributed by atoms with E-state index in [9.17, 15) is 0 Å². The van der Waals surface area contributed by atoms with E-state index in [4.69, 9.17) is 5.73 Å². The molecule has 0 radical (unpaired) electrons. The highest BCUT2D eigenvalue weighted by atomic mass is 15.1. The number of fused-ring (bicyclic) bond motifs is 3. The van der Waals surface area contributed by atoms with Gasteiger partial charge in [-0.3, -0.25) is 0 Å². The third kappa shape index (κ3) is 1.84.